The van der Waals surface area contributed by atoms with Gasteiger partial charge in [0, 0.05) is 18.3 Å². The fourth-order valence-electron chi connectivity index (χ4n) is 5.14. The number of rotatable bonds is 9. The highest BCUT2D eigenvalue weighted by atomic mass is 16.5. The van der Waals surface area contributed by atoms with Crippen LogP contribution in [0.3, 0.4) is 0 Å². The molecule has 3 aromatic carbocycles. The number of para-hydroxylation sites is 2. The maximum atomic E-state index is 14.3. The highest BCUT2D eigenvalue weighted by Gasteiger charge is 2.37. The molecular weight excluding hydrogens is 490 g/mol. The van der Waals surface area contributed by atoms with Crippen LogP contribution in [0.1, 0.15) is 47.4 Å². The molecule has 1 unspecified atom stereocenters. The number of nitrogens with zero attached hydrogens (tertiary/aromatic N) is 3. The smallest absolute Gasteiger partial charge is 0.254 e. The molecule has 0 spiro atoms. The van der Waals surface area contributed by atoms with Crippen molar-refractivity contribution in [2.45, 2.75) is 25.8 Å². The lowest BCUT2D eigenvalue weighted by Gasteiger charge is -2.39. The van der Waals surface area contributed by atoms with Gasteiger partial charge in [-0.05, 0) is 66.6 Å². The Morgan fingerprint density at radius 3 is 2.31 bits per heavy atom. The van der Waals surface area contributed by atoms with Crippen LogP contribution in [-0.4, -0.2) is 48.6 Å². The van der Waals surface area contributed by atoms with Crippen molar-refractivity contribution in [1.29, 1.82) is 0 Å². The van der Waals surface area contributed by atoms with Crippen molar-refractivity contribution < 1.29 is 19.1 Å². The molecule has 0 saturated carbocycles. The zero-order valence-corrected chi connectivity index (χ0v) is 22.5. The standard InChI is InChI=1S/C32H33N3O4/c1-4-5-19-33(32(37)24-10-8-11-26(21-24)39-3)22-30(36)35-28-13-7-6-12-27(28)34-20-9-14-29(34)31(35)23-15-17-25(38-2)18-16-23/h6-18,20-21,31H,4-5,19,22H2,1-3H3. The number of unbranched alkanes of at least 4 members (excludes halogenated alkanes) is 1. The molecule has 1 aliphatic heterocycles. The second-order valence-electron chi connectivity index (χ2n) is 9.54. The summed E-state index contributed by atoms with van der Waals surface area (Å²) in [6, 6.07) is 26.4. The number of hydrogen-bond acceptors (Lipinski definition) is 4. The molecule has 0 radical (unpaired) electrons. The molecule has 4 aromatic rings. The SMILES string of the molecule is CCCCN(CC(=O)N1c2ccccc2-n2cccc2C1c1ccc(OC)cc1)C(=O)c1cccc(OC)c1. The number of carbonyl (C=O) groups excluding carboxylic acids is 2. The zero-order chi connectivity index (χ0) is 27.4. The molecule has 200 valence electrons. The lowest BCUT2D eigenvalue weighted by atomic mass is 9.97. The second-order valence-corrected chi connectivity index (χ2v) is 9.54. The first-order chi connectivity index (χ1) is 19.0. The third kappa shape index (κ3) is 5.12. The van der Waals surface area contributed by atoms with Crippen molar-refractivity contribution in [3.8, 4) is 17.2 Å². The van der Waals surface area contributed by atoms with E-state index in [0.29, 0.717) is 17.9 Å². The summed E-state index contributed by atoms with van der Waals surface area (Å²) < 4.78 is 12.8. The molecule has 5 rings (SSSR count). The van der Waals surface area contributed by atoms with E-state index in [1.807, 2.05) is 71.8 Å². The van der Waals surface area contributed by atoms with Crippen molar-refractivity contribution in [2.75, 3.05) is 32.2 Å². The van der Waals surface area contributed by atoms with Gasteiger partial charge in [0.1, 0.15) is 24.1 Å². The van der Waals surface area contributed by atoms with Crippen LogP contribution in [0.25, 0.3) is 5.69 Å². The van der Waals surface area contributed by atoms with Crippen molar-refractivity contribution in [3.63, 3.8) is 0 Å². The van der Waals surface area contributed by atoms with Crippen molar-refractivity contribution in [1.82, 2.24) is 9.47 Å². The van der Waals surface area contributed by atoms with E-state index in [0.717, 1.165) is 41.2 Å². The van der Waals surface area contributed by atoms with Crippen molar-refractivity contribution in [2.24, 2.45) is 0 Å². The van der Waals surface area contributed by atoms with Gasteiger partial charge in [-0.25, -0.2) is 0 Å². The van der Waals surface area contributed by atoms with Gasteiger partial charge in [-0.2, -0.15) is 0 Å². The van der Waals surface area contributed by atoms with E-state index in [2.05, 4.69) is 11.5 Å². The van der Waals surface area contributed by atoms with E-state index < -0.39 is 0 Å². The highest BCUT2D eigenvalue weighted by molar-refractivity contribution is 6.02. The second kappa shape index (κ2) is 11.5. The number of amides is 2. The van der Waals surface area contributed by atoms with Crippen LogP contribution < -0.4 is 14.4 Å². The Morgan fingerprint density at radius 2 is 1.59 bits per heavy atom. The van der Waals surface area contributed by atoms with E-state index >= 15 is 0 Å². The molecule has 7 heteroatoms. The van der Waals surface area contributed by atoms with Crippen LogP contribution in [-0.2, 0) is 4.79 Å². The fourth-order valence-corrected chi connectivity index (χ4v) is 5.14. The summed E-state index contributed by atoms with van der Waals surface area (Å²) in [5.74, 6) is 1.01. The number of carbonyl (C=O) groups is 2. The molecule has 0 saturated heterocycles. The Balaban J connectivity index is 1.54. The largest absolute Gasteiger partial charge is 0.497 e. The van der Waals surface area contributed by atoms with E-state index in [-0.39, 0.29) is 24.4 Å². The Labute approximate surface area is 229 Å². The molecular formula is C32H33N3O4. The molecule has 2 amide bonds. The number of ether oxygens (including phenoxy) is 2. The van der Waals surface area contributed by atoms with Gasteiger partial charge in [-0.15, -0.1) is 0 Å². The zero-order valence-electron chi connectivity index (χ0n) is 22.5. The Hall–Kier alpha value is -4.52. The van der Waals surface area contributed by atoms with Gasteiger partial charge >= 0.3 is 0 Å². The summed E-state index contributed by atoms with van der Waals surface area (Å²) in [4.78, 5) is 31.4. The molecule has 0 aliphatic carbocycles. The molecule has 0 N–H and O–H groups in total. The summed E-state index contributed by atoms with van der Waals surface area (Å²) in [6.07, 6.45) is 3.72. The van der Waals surface area contributed by atoms with E-state index in [4.69, 9.17) is 9.47 Å². The van der Waals surface area contributed by atoms with Gasteiger partial charge in [0.05, 0.1) is 31.3 Å². The van der Waals surface area contributed by atoms with Gasteiger partial charge in [-0.1, -0.05) is 43.7 Å². The van der Waals surface area contributed by atoms with E-state index in [1.54, 1.807) is 43.4 Å². The summed E-state index contributed by atoms with van der Waals surface area (Å²) in [5.41, 5.74) is 4.16. The summed E-state index contributed by atoms with van der Waals surface area (Å²) in [7, 11) is 3.21. The first-order valence-electron chi connectivity index (χ1n) is 13.2. The molecule has 7 nitrogen and oxygen atoms in total. The van der Waals surface area contributed by atoms with Crippen LogP contribution in [0.5, 0.6) is 11.5 Å². The molecule has 1 atom stereocenters. The average Bonchev–Trinajstić information content (AvgIpc) is 3.48. The molecule has 2 heterocycles. The van der Waals surface area contributed by atoms with E-state index in [9.17, 15) is 9.59 Å². The maximum absolute atomic E-state index is 14.3. The average molecular weight is 524 g/mol. The minimum atomic E-state index is -0.367. The number of methoxy groups -OCH3 is 2. The third-order valence-corrected chi connectivity index (χ3v) is 7.13. The van der Waals surface area contributed by atoms with Crippen molar-refractivity contribution >= 4 is 17.5 Å². The molecule has 0 bridgehead atoms. The first kappa shape index (κ1) is 26.1. The molecule has 39 heavy (non-hydrogen) atoms. The Bertz CT molecular complexity index is 1460. The molecule has 1 aliphatic rings. The Kier molecular flexibility index (Phi) is 7.68. The number of aromatic nitrogens is 1. The molecule has 1 aromatic heterocycles. The topological polar surface area (TPSA) is 64.0 Å². The van der Waals surface area contributed by atoms with Gasteiger partial charge < -0.3 is 18.9 Å². The predicted octanol–water partition coefficient (Wildman–Crippen LogP) is 5.87. The first-order valence-corrected chi connectivity index (χ1v) is 13.2. The number of hydrogen-bond donors (Lipinski definition) is 0. The number of anilines is 1. The fraction of sp³-hybridized carbons (Fsp3) is 0.250. The monoisotopic (exact) mass is 523 g/mol. The van der Waals surface area contributed by atoms with Gasteiger partial charge in [0.15, 0.2) is 0 Å². The van der Waals surface area contributed by atoms with Crippen LogP contribution >= 0.6 is 0 Å². The summed E-state index contributed by atoms with van der Waals surface area (Å²) in [6.45, 7) is 2.51. The van der Waals surface area contributed by atoms with Crippen molar-refractivity contribution in [3.05, 3.63) is 108 Å². The minimum absolute atomic E-state index is 0.0439. The quantitative estimate of drug-likeness (QED) is 0.275. The number of fused-ring (bicyclic) bond motifs is 3. The minimum Gasteiger partial charge on any atom is -0.497 e. The third-order valence-electron chi connectivity index (χ3n) is 7.13. The van der Waals surface area contributed by atoms with Gasteiger partial charge in [0.2, 0.25) is 5.91 Å². The predicted molar refractivity (Wildman–Crippen MR) is 152 cm³/mol. The summed E-state index contributed by atoms with van der Waals surface area (Å²) >= 11 is 0. The van der Waals surface area contributed by atoms with Gasteiger partial charge in [0.25, 0.3) is 5.91 Å². The van der Waals surface area contributed by atoms with Crippen LogP contribution in [0.4, 0.5) is 5.69 Å². The Morgan fingerprint density at radius 1 is 0.846 bits per heavy atom. The summed E-state index contributed by atoms with van der Waals surface area (Å²) in [5, 5.41) is 0. The van der Waals surface area contributed by atoms with Crippen LogP contribution in [0, 0.1) is 0 Å². The van der Waals surface area contributed by atoms with Crippen LogP contribution in [0.2, 0.25) is 0 Å². The lowest BCUT2D eigenvalue weighted by Crippen LogP contribution is -2.47. The number of benzene rings is 3. The van der Waals surface area contributed by atoms with Crippen LogP contribution in [0.15, 0.2) is 91.1 Å². The normalized spacial score (nSPS) is 13.8. The van der Waals surface area contributed by atoms with E-state index in [1.165, 1.54) is 0 Å². The lowest BCUT2D eigenvalue weighted by molar-refractivity contribution is -0.119. The van der Waals surface area contributed by atoms with Gasteiger partial charge in [-0.3, -0.25) is 14.5 Å². The maximum Gasteiger partial charge on any atom is 0.254 e. The molecule has 0 fully saturated rings. The highest BCUT2D eigenvalue weighted by Crippen LogP contribution is 2.42.